The number of hydrogen-bond donors (Lipinski definition) is 1. The van der Waals surface area contributed by atoms with E-state index in [4.69, 9.17) is 0 Å². The summed E-state index contributed by atoms with van der Waals surface area (Å²) in [5, 5.41) is 14.9. The molecule has 0 radical (unpaired) electrons. The third kappa shape index (κ3) is 3.97. The standard InChI is InChI=1S/C23H26FN5O/c1-15-26-27-28-29(15)21(14-16-7-6-8-17(24)13-16)22(30)25-20-11-12-23(2,3)19-10-5-4-9-18(19)20/h4-10,13,20-21H,11-12,14H2,1-3H3,(H,25,30)/t20-,21+/m0/s1. The Morgan fingerprint density at radius 2 is 2.07 bits per heavy atom. The number of fused-ring (bicyclic) bond motifs is 1. The van der Waals surface area contributed by atoms with Gasteiger partial charge in [-0.1, -0.05) is 50.2 Å². The molecule has 0 saturated carbocycles. The number of aromatic nitrogens is 4. The van der Waals surface area contributed by atoms with E-state index in [1.165, 1.54) is 22.4 Å². The molecule has 30 heavy (non-hydrogen) atoms. The van der Waals surface area contributed by atoms with E-state index in [0.717, 1.165) is 24.0 Å². The minimum absolute atomic E-state index is 0.0746. The third-order valence-corrected chi connectivity index (χ3v) is 6.01. The van der Waals surface area contributed by atoms with Crippen LogP contribution in [0.5, 0.6) is 0 Å². The number of halogens is 1. The molecule has 6 nitrogen and oxygen atoms in total. The first-order valence-corrected chi connectivity index (χ1v) is 10.2. The number of benzene rings is 2. The molecule has 4 rings (SSSR count). The summed E-state index contributed by atoms with van der Waals surface area (Å²) in [6.07, 6.45) is 2.14. The monoisotopic (exact) mass is 407 g/mol. The van der Waals surface area contributed by atoms with E-state index < -0.39 is 6.04 Å². The first-order chi connectivity index (χ1) is 14.3. The highest BCUT2D eigenvalue weighted by atomic mass is 19.1. The largest absolute Gasteiger partial charge is 0.347 e. The highest BCUT2D eigenvalue weighted by Gasteiger charge is 2.34. The molecule has 2 atom stereocenters. The molecule has 2 aromatic carbocycles. The lowest BCUT2D eigenvalue weighted by Crippen LogP contribution is -2.40. The van der Waals surface area contributed by atoms with Gasteiger partial charge in [0.1, 0.15) is 17.7 Å². The molecule has 0 spiro atoms. The van der Waals surface area contributed by atoms with Crippen LogP contribution in [0, 0.1) is 12.7 Å². The molecular formula is C23H26FN5O. The lowest BCUT2D eigenvalue weighted by atomic mass is 9.71. The molecule has 1 aromatic heterocycles. The molecule has 3 aromatic rings. The molecular weight excluding hydrogens is 381 g/mol. The quantitative estimate of drug-likeness (QED) is 0.698. The SMILES string of the molecule is Cc1nnnn1[C@H](Cc1cccc(F)c1)C(=O)N[C@H]1CCC(C)(C)c2ccccc21. The fourth-order valence-electron chi connectivity index (χ4n) is 4.33. The molecule has 7 heteroatoms. The molecule has 1 amide bonds. The van der Waals surface area contributed by atoms with E-state index in [-0.39, 0.29) is 23.2 Å². The predicted octanol–water partition coefficient (Wildman–Crippen LogP) is 3.83. The summed E-state index contributed by atoms with van der Waals surface area (Å²) >= 11 is 0. The van der Waals surface area contributed by atoms with Crippen LogP contribution in [0.4, 0.5) is 4.39 Å². The number of tetrazole rings is 1. The van der Waals surface area contributed by atoms with Crippen molar-refractivity contribution in [2.75, 3.05) is 0 Å². The molecule has 1 N–H and O–H groups in total. The summed E-state index contributed by atoms with van der Waals surface area (Å²) in [6, 6.07) is 13.8. The topological polar surface area (TPSA) is 72.7 Å². The van der Waals surface area contributed by atoms with Crippen LogP contribution in [0.25, 0.3) is 0 Å². The zero-order valence-corrected chi connectivity index (χ0v) is 17.5. The van der Waals surface area contributed by atoms with Gasteiger partial charge in [-0.15, -0.1) is 5.10 Å². The molecule has 0 bridgehead atoms. The molecule has 0 aliphatic heterocycles. The summed E-state index contributed by atoms with van der Waals surface area (Å²) in [7, 11) is 0. The van der Waals surface area contributed by atoms with E-state index in [2.05, 4.69) is 46.8 Å². The van der Waals surface area contributed by atoms with Crippen molar-refractivity contribution in [3.63, 3.8) is 0 Å². The first kappa shape index (κ1) is 20.2. The van der Waals surface area contributed by atoms with Crippen LogP contribution in [0.2, 0.25) is 0 Å². The van der Waals surface area contributed by atoms with Gasteiger partial charge in [-0.25, -0.2) is 9.07 Å². The fraction of sp³-hybridized carbons (Fsp3) is 0.391. The van der Waals surface area contributed by atoms with Crippen LogP contribution in [0.15, 0.2) is 48.5 Å². The Morgan fingerprint density at radius 3 is 2.80 bits per heavy atom. The number of carbonyl (C=O) groups excluding carboxylic acids is 1. The number of carbonyl (C=O) groups is 1. The van der Waals surface area contributed by atoms with E-state index in [9.17, 15) is 9.18 Å². The number of nitrogens with one attached hydrogen (secondary N) is 1. The Balaban J connectivity index is 1.62. The minimum Gasteiger partial charge on any atom is -0.347 e. The van der Waals surface area contributed by atoms with Crippen LogP contribution in [0.1, 0.15) is 61.3 Å². The Bertz CT molecular complexity index is 1060. The van der Waals surface area contributed by atoms with Gasteiger partial charge in [-0.3, -0.25) is 4.79 Å². The zero-order valence-electron chi connectivity index (χ0n) is 17.5. The molecule has 1 aliphatic rings. The number of aryl methyl sites for hydroxylation is 1. The number of nitrogens with zero attached hydrogens (tertiary/aromatic N) is 4. The maximum Gasteiger partial charge on any atom is 0.245 e. The summed E-state index contributed by atoms with van der Waals surface area (Å²) in [4.78, 5) is 13.4. The van der Waals surface area contributed by atoms with Crippen molar-refractivity contribution < 1.29 is 9.18 Å². The van der Waals surface area contributed by atoms with Crippen molar-refractivity contribution in [2.45, 2.75) is 57.5 Å². The second-order valence-electron chi connectivity index (χ2n) is 8.59. The van der Waals surface area contributed by atoms with E-state index in [0.29, 0.717) is 12.2 Å². The molecule has 0 unspecified atom stereocenters. The van der Waals surface area contributed by atoms with Gasteiger partial charge in [-0.2, -0.15) is 0 Å². The third-order valence-electron chi connectivity index (χ3n) is 6.01. The van der Waals surface area contributed by atoms with Crippen LogP contribution < -0.4 is 5.32 Å². The Hall–Kier alpha value is -3.09. The molecule has 156 valence electrons. The van der Waals surface area contributed by atoms with Gasteiger partial charge in [0, 0.05) is 6.42 Å². The van der Waals surface area contributed by atoms with E-state index in [1.807, 2.05) is 18.2 Å². The second-order valence-corrected chi connectivity index (χ2v) is 8.59. The zero-order chi connectivity index (χ0) is 21.3. The highest BCUT2D eigenvalue weighted by Crippen LogP contribution is 2.41. The van der Waals surface area contributed by atoms with E-state index in [1.54, 1.807) is 13.0 Å². The fourth-order valence-corrected chi connectivity index (χ4v) is 4.33. The highest BCUT2D eigenvalue weighted by molar-refractivity contribution is 5.81. The smallest absolute Gasteiger partial charge is 0.245 e. The molecule has 0 fully saturated rings. The summed E-state index contributed by atoms with van der Waals surface area (Å²) < 4.78 is 15.2. The summed E-state index contributed by atoms with van der Waals surface area (Å²) in [5.41, 5.74) is 3.21. The van der Waals surface area contributed by atoms with Gasteiger partial charge in [0.15, 0.2) is 0 Å². The average molecular weight is 407 g/mol. The molecule has 1 heterocycles. The second kappa shape index (κ2) is 7.97. The van der Waals surface area contributed by atoms with Gasteiger partial charge >= 0.3 is 0 Å². The van der Waals surface area contributed by atoms with Gasteiger partial charge in [0.05, 0.1) is 6.04 Å². The van der Waals surface area contributed by atoms with Crippen LogP contribution >= 0.6 is 0 Å². The molecule has 0 saturated heterocycles. The van der Waals surface area contributed by atoms with Gasteiger partial charge < -0.3 is 5.32 Å². The van der Waals surface area contributed by atoms with Crippen molar-refractivity contribution in [3.05, 3.63) is 76.9 Å². The minimum atomic E-state index is -0.663. The number of hydrogen-bond acceptors (Lipinski definition) is 4. The number of rotatable bonds is 5. The van der Waals surface area contributed by atoms with Gasteiger partial charge in [-0.05, 0) is 64.4 Å². The summed E-state index contributed by atoms with van der Waals surface area (Å²) in [5.74, 6) is 0.0365. The lowest BCUT2D eigenvalue weighted by molar-refractivity contribution is -0.125. The van der Waals surface area contributed by atoms with Crippen molar-refractivity contribution in [1.82, 2.24) is 25.5 Å². The van der Waals surface area contributed by atoms with Crippen molar-refractivity contribution in [2.24, 2.45) is 0 Å². The van der Waals surface area contributed by atoms with Crippen molar-refractivity contribution >= 4 is 5.91 Å². The van der Waals surface area contributed by atoms with Crippen LogP contribution in [-0.4, -0.2) is 26.1 Å². The lowest BCUT2D eigenvalue weighted by Gasteiger charge is -2.37. The normalized spacial score (nSPS) is 18.5. The van der Waals surface area contributed by atoms with Crippen molar-refractivity contribution in [3.8, 4) is 0 Å². The maximum atomic E-state index is 13.7. The van der Waals surface area contributed by atoms with E-state index >= 15 is 0 Å². The first-order valence-electron chi connectivity index (χ1n) is 10.2. The Kier molecular flexibility index (Phi) is 5.37. The predicted molar refractivity (Wildman–Crippen MR) is 111 cm³/mol. The van der Waals surface area contributed by atoms with Crippen LogP contribution in [-0.2, 0) is 16.6 Å². The van der Waals surface area contributed by atoms with Crippen LogP contribution in [0.3, 0.4) is 0 Å². The van der Waals surface area contributed by atoms with Gasteiger partial charge in [0.2, 0.25) is 5.91 Å². The Labute approximate surface area is 175 Å². The Morgan fingerprint density at radius 1 is 1.27 bits per heavy atom. The van der Waals surface area contributed by atoms with Gasteiger partial charge in [0.25, 0.3) is 0 Å². The number of amides is 1. The van der Waals surface area contributed by atoms with Crippen molar-refractivity contribution in [1.29, 1.82) is 0 Å². The summed E-state index contributed by atoms with van der Waals surface area (Å²) in [6.45, 7) is 6.23. The molecule has 1 aliphatic carbocycles. The average Bonchev–Trinajstić information content (AvgIpc) is 3.14. The maximum absolute atomic E-state index is 13.7.